The number of hydrogen-bond acceptors (Lipinski definition) is 2. The fraction of sp³-hybridized carbons (Fsp3) is 0.231. The summed E-state index contributed by atoms with van der Waals surface area (Å²) in [6.07, 6.45) is 5.11. The van der Waals surface area contributed by atoms with E-state index in [2.05, 4.69) is 10.3 Å². The van der Waals surface area contributed by atoms with Crippen molar-refractivity contribution in [3.63, 3.8) is 0 Å². The summed E-state index contributed by atoms with van der Waals surface area (Å²) in [4.78, 5) is 15.8. The molecule has 0 aliphatic rings. The fourth-order valence-electron chi connectivity index (χ4n) is 1.73. The van der Waals surface area contributed by atoms with Crippen LogP contribution in [0.1, 0.15) is 17.3 Å². The first-order valence-electron chi connectivity index (χ1n) is 5.78. The molecule has 1 N–H and O–H groups in total. The predicted octanol–water partition coefficient (Wildman–Crippen LogP) is 2.49. The van der Waals surface area contributed by atoms with Crippen molar-refractivity contribution in [3.8, 4) is 0 Å². The van der Waals surface area contributed by atoms with Crippen molar-refractivity contribution in [1.29, 1.82) is 0 Å². The molecule has 0 fully saturated rings. The summed E-state index contributed by atoms with van der Waals surface area (Å²) in [5.74, 6) is -1.07. The number of imidazole rings is 1. The first-order valence-corrected chi connectivity index (χ1v) is 6.15. The molecule has 1 unspecified atom stereocenters. The monoisotopic (exact) mass is 281 g/mol. The molecule has 1 atom stereocenters. The average Bonchev–Trinajstić information content (AvgIpc) is 2.84. The second-order valence-electron chi connectivity index (χ2n) is 4.26. The minimum Gasteiger partial charge on any atom is -0.348 e. The molecule has 1 heterocycles. The molecule has 0 aliphatic heterocycles. The van der Waals surface area contributed by atoms with Crippen molar-refractivity contribution in [2.45, 2.75) is 19.5 Å². The van der Waals surface area contributed by atoms with Gasteiger partial charge in [0, 0.05) is 30.0 Å². The van der Waals surface area contributed by atoms with E-state index in [-0.39, 0.29) is 11.6 Å². The van der Waals surface area contributed by atoms with Gasteiger partial charge in [0.05, 0.1) is 11.9 Å². The number of aromatic nitrogens is 2. The van der Waals surface area contributed by atoms with Crippen LogP contribution in [-0.2, 0) is 6.54 Å². The highest BCUT2D eigenvalue weighted by Gasteiger charge is 2.14. The van der Waals surface area contributed by atoms with Crippen molar-refractivity contribution >= 4 is 17.5 Å². The molecule has 2 aromatic rings. The van der Waals surface area contributed by atoms with Gasteiger partial charge in [-0.15, -0.1) is 0 Å². The van der Waals surface area contributed by atoms with Gasteiger partial charge in [0.2, 0.25) is 0 Å². The van der Waals surface area contributed by atoms with E-state index in [1.807, 2.05) is 11.5 Å². The quantitative estimate of drug-likeness (QED) is 0.936. The predicted molar refractivity (Wildman–Crippen MR) is 70.6 cm³/mol. The van der Waals surface area contributed by atoms with Crippen LogP contribution in [-0.4, -0.2) is 21.5 Å². The molecule has 0 saturated carbocycles. The molecule has 0 saturated heterocycles. The van der Waals surface area contributed by atoms with Crippen LogP contribution >= 0.6 is 11.6 Å². The van der Waals surface area contributed by atoms with E-state index in [9.17, 15) is 9.18 Å². The standard InChI is InChI=1S/C13H13ClFN3O/c1-9(7-18-5-4-16-8-18)17-13(19)11-6-10(14)2-3-12(11)15/h2-6,8-9H,7H2,1H3,(H,17,19). The molecular weight excluding hydrogens is 269 g/mol. The Kier molecular flexibility index (Phi) is 4.16. The van der Waals surface area contributed by atoms with Crippen LogP contribution in [0.15, 0.2) is 36.9 Å². The Balaban J connectivity index is 2.02. The summed E-state index contributed by atoms with van der Waals surface area (Å²) < 4.78 is 15.3. The van der Waals surface area contributed by atoms with Gasteiger partial charge in [0.1, 0.15) is 5.82 Å². The van der Waals surface area contributed by atoms with Crippen LogP contribution in [0.3, 0.4) is 0 Å². The van der Waals surface area contributed by atoms with Gasteiger partial charge in [-0.25, -0.2) is 9.37 Å². The van der Waals surface area contributed by atoms with Crippen LogP contribution in [0.5, 0.6) is 0 Å². The molecule has 1 amide bonds. The van der Waals surface area contributed by atoms with E-state index in [0.29, 0.717) is 11.6 Å². The number of carbonyl (C=O) groups excluding carboxylic acids is 1. The fourth-order valence-corrected chi connectivity index (χ4v) is 1.90. The smallest absolute Gasteiger partial charge is 0.254 e. The van der Waals surface area contributed by atoms with E-state index in [4.69, 9.17) is 11.6 Å². The second kappa shape index (κ2) is 5.84. The number of hydrogen-bond donors (Lipinski definition) is 1. The van der Waals surface area contributed by atoms with Gasteiger partial charge in [0.15, 0.2) is 0 Å². The van der Waals surface area contributed by atoms with Crippen molar-refractivity contribution in [2.75, 3.05) is 0 Å². The zero-order valence-electron chi connectivity index (χ0n) is 10.3. The summed E-state index contributed by atoms with van der Waals surface area (Å²) >= 11 is 5.75. The number of nitrogens with zero attached hydrogens (tertiary/aromatic N) is 2. The molecule has 0 bridgehead atoms. The van der Waals surface area contributed by atoms with Crippen molar-refractivity contribution in [1.82, 2.24) is 14.9 Å². The van der Waals surface area contributed by atoms with Crippen LogP contribution in [0.4, 0.5) is 4.39 Å². The lowest BCUT2D eigenvalue weighted by atomic mass is 10.2. The Morgan fingerprint density at radius 1 is 1.58 bits per heavy atom. The van der Waals surface area contributed by atoms with Crippen LogP contribution in [0.2, 0.25) is 5.02 Å². The Morgan fingerprint density at radius 3 is 3.05 bits per heavy atom. The summed E-state index contributed by atoms with van der Waals surface area (Å²) in [6.45, 7) is 2.40. The van der Waals surface area contributed by atoms with E-state index < -0.39 is 11.7 Å². The third-order valence-electron chi connectivity index (χ3n) is 2.59. The highest BCUT2D eigenvalue weighted by Crippen LogP contribution is 2.14. The minimum atomic E-state index is -0.586. The molecule has 1 aromatic carbocycles. The number of rotatable bonds is 4. The summed E-state index contributed by atoms with van der Waals surface area (Å²) in [6, 6.07) is 3.75. The molecule has 19 heavy (non-hydrogen) atoms. The molecule has 0 aliphatic carbocycles. The maximum absolute atomic E-state index is 13.5. The third kappa shape index (κ3) is 3.54. The largest absolute Gasteiger partial charge is 0.348 e. The molecule has 0 spiro atoms. The van der Waals surface area contributed by atoms with E-state index in [0.717, 1.165) is 0 Å². The Labute approximate surface area is 115 Å². The van der Waals surface area contributed by atoms with Gasteiger partial charge in [-0.1, -0.05) is 11.6 Å². The lowest BCUT2D eigenvalue weighted by molar-refractivity contribution is 0.0932. The van der Waals surface area contributed by atoms with Crippen LogP contribution in [0, 0.1) is 5.82 Å². The Hall–Kier alpha value is -1.88. The molecule has 2 rings (SSSR count). The van der Waals surface area contributed by atoms with Crippen molar-refractivity contribution in [3.05, 3.63) is 53.3 Å². The average molecular weight is 282 g/mol. The maximum Gasteiger partial charge on any atom is 0.254 e. The summed E-state index contributed by atoms with van der Waals surface area (Å²) in [5, 5.41) is 3.04. The third-order valence-corrected chi connectivity index (χ3v) is 2.83. The van der Waals surface area contributed by atoms with Gasteiger partial charge < -0.3 is 9.88 Å². The van der Waals surface area contributed by atoms with E-state index in [1.165, 1.54) is 18.2 Å². The zero-order chi connectivity index (χ0) is 13.8. The lowest BCUT2D eigenvalue weighted by Crippen LogP contribution is -2.35. The van der Waals surface area contributed by atoms with Crippen molar-refractivity contribution in [2.24, 2.45) is 0 Å². The van der Waals surface area contributed by atoms with Crippen LogP contribution < -0.4 is 5.32 Å². The Bertz CT molecular complexity index is 571. The van der Waals surface area contributed by atoms with E-state index >= 15 is 0 Å². The number of halogens is 2. The highest BCUT2D eigenvalue weighted by atomic mass is 35.5. The molecule has 4 nitrogen and oxygen atoms in total. The zero-order valence-corrected chi connectivity index (χ0v) is 11.1. The molecule has 0 radical (unpaired) electrons. The van der Waals surface area contributed by atoms with Gasteiger partial charge in [-0.3, -0.25) is 4.79 Å². The first kappa shape index (κ1) is 13.5. The summed E-state index contributed by atoms with van der Waals surface area (Å²) in [5.41, 5.74) is -0.0509. The number of benzene rings is 1. The topological polar surface area (TPSA) is 46.9 Å². The van der Waals surface area contributed by atoms with Crippen LogP contribution in [0.25, 0.3) is 0 Å². The summed E-state index contributed by atoms with van der Waals surface area (Å²) in [7, 11) is 0. The number of carbonyl (C=O) groups is 1. The molecule has 6 heteroatoms. The van der Waals surface area contributed by atoms with E-state index in [1.54, 1.807) is 18.7 Å². The van der Waals surface area contributed by atoms with Gasteiger partial charge in [-0.2, -0.15) is 0 Å². The van der Waals surface area contributed by atoms with Gasteiger partial charge in [0.25, 0.3) is 5.91 Å². The number of amides is 1. The lowest BCUT2D eigenvalue weighted by Gasteiger charge is -2.14. The number of nitrogens with one attached hydrogen (secondary N) is 1. The SMILES string of the molecule is CC(Cn1ccnc1)NC(=O)c1cc(Cl)ccc1F. The highest BCUT2D eigenvalue weighted by molar-refractivity contribution is 6.31. The van der Waals surface area contributed by atoms with Gasteiger partial charge in [-0.05, 0) is 25.1 Å². The van der Waals surface area contributed by atoms with Crippen molar-refractivity contribution < 1.29 is 9.18 Å². The van der Waals surface area contributed by atoms with Gasteiger partial charge >= 0.3 is 0 Å². The maximum atomic E-state index is 13.5. The first-order chi connectivity index (χ1) is 9.06. The molecule has 1 aromatic heterocycles. The Morgan fingerprint density at radius 2 is 2.37 bits per heavy atom. The minimum absolute atomic E-state index is 0.0509. The molecular formula is C13H13ClFN3O. The normalized spacial score (nSPS) is 12.2. The molecule has 100 valence electrons. The second-order valence-corrected chi connectivity index (χ2v) is 4.69.